The van der Waals surface area contributed by atoms with Gasteiger partial charge in [0.05, 0.1) is 0 Å². The van der Waals surface area contributed by atoms with Gasteiger partial charge in [0.1, 0.15) is 5.78 Å². The van der Waals surface area contributed by atoms with Crippen LogP contribution in [0, 0.1) is 17.3 Å². The van der Waals surface area contributed by atoms with E-state index >= 15 is 0 Å². The number of hydrogen-bond donors (Lipinski definition) is 0. The smallest absolute Gasteiger partial charge is 0.143 e. The fourth-order valence-electron chi connectivity index (χ4n) is 2.79. The zero-order valence-electron chi connectivity index (χ0n) is 7.89. The second-order valence-electron chi connectivity index (χ2n) is 4.61. The first-order valence-corrected chi connectivity index (χ1v) is 4.78. The number of carbonyl (C=O) groups excluding carboxylic acids is 1. The third-order valence-electron chi connectivity index (χ3n) is 3.92. The summed E-state index contributed by atoms with van der Waals surface area (Å²) in [6.45, 7) is 8.34. The Hall–Kier alpha value is -0.590. The molecule has 2 rings (SSSR count). The van der Waals surface area contributed by atoms with E-state index in [1.165, 1.54) is 12.0 Å². The maximum Gasteiger partial charge on any atom is 0.143 e. The third kappa shape index (κ3) is 0.769. The molecule has 2 aliphatic carbocycles. The Morgan fingerprint density at radius 1 is 1.58 bits per heavy atom. The van der Waals surface area contributed by atoms with Gasteiger partial charge in [-0.05, 0) is 31.6 Å². The summed E-state index contributed by atoms with van der Waals surface area (Å²) >= 11 is 0. The van der Waals surface area contributed by atoms with Crippen molar-refractivity contribution in [2.24, 2.45) is 17.3 Å². The Bertz CT molecular complexity index is 254. The fourth-order valence-corrected chi connectivity index (χ4v) is 2.79. The highest BCUT2D eigenvalue weighted by Crippen LogP contribution is 2.54. The van der Waals surface area contributed by atoms with Crippen molar-refractivity contribution in [3.8, 4) is 0 Å². The van der Waals surface area contributed by atoms with Gasteiger partial charge in [-0.15, -0.1) is 0 Å². The first-order chi connectivity index (χ1) is 5.55. The highest BCUT2D eigenvalue weighted by Gasteiger charge is 2.50. The van der Waals surface area contributed by atoms with Crippen LogP contribution in [0.4, 0.5) is 0 Å². The van der Waals surface area contributed by atoms with Crippen LogP contribution in [0.15, 0.2) is 12.2 Å². The summed E-state index contributed by atoms with van der Waals surface area (Å²) in [7, 11) is 0. The Morgan fingerprint density at radius 3 is 2.92 bits per heavy atom. The van der Waals surface area contributed by atoms with Crippen molar-refractivity contribution in [2.45, 2.75) is 33.1 Å². The molecule has 0 heterocycles. The maximum atomic E-state index is 11.7. The second-order valence-corrected chi connectivity index (χ2v) is 4.61. The van der Waals surface area contributed by atoms with E-state index in [4.69, 9.17) is 0 Å². The Balaban J connectivity index is 2.41. The molecular formula is C11H16O. The molecule has 12 heavy (non-hydrogen) atoms. The first-order valence-electron chi connectivity index (χ1n) is 4.78. The minimum atomic E-state index is -0.142. The van der Waals surface area contributed by atoms with Crippen molar-refractivity contribution in [3.05, 3.63) is 12.2 Å². The fraction of sp³-hybridized carbons (Fsp3) is 0.727. The van der Waals surface area contributed by atoms with Crippen molar-refractivity contribution in [1.82, 2.24) is 0 Å². The molecule has 2 fully saturated rings. The monoisotopic (exact) mass is 164 g/mol. The molecule has 3 atom stereocenters. The predicted molar refractivity (Wildman–Crippen MR) is 48.8 cm³/mol. The van der Waals surface area contributed by atoms with Gasteiger partial charge in [-0.3, -0.25) is 4.79 Å². The summed E-state index contributed by atoms with van der Waals surface area (Å²) in [6, 6.07) is 0. The van der Waals surface area contributed by atoms with Crippen LogP contribution in [0.5, 0.6) is 0 Å². The first kappa shape index (κ1) is 8.03. The molecule has 0 aromatic heterocycles. The van der Waals surface area contributed by atoms with Gasteiger partial charge in [0.2, 0.25) is 0 Å². The van der Waals surface area contributed by atoms with Gasteiger partial charge in [-0.2, -0.15) is 0 Å². The molecule has 0 N–H and O–H groups in total. The standard InChI is InChI=1S/C11H16O/c1-7-6-10(12)11(3)5-4-9(7)8(11)2/h7,9H,2,4-6H2,1,3H3/t7-,9-,11+/m0/s1. The molecule has 0 amide bonds. The zero-order valence-corrected chi connectivity index (χ0v) is 7.89. The van der Waals surface area contributed by atoms with E-state index in [0.29, 0.717) is 17.6 Å². The molecule has 0 radical (unpaired) electrons. The minimum Gasteiger partial charge on any atom is -0.299 e. The quantitative estimate of drug-likeness (QED) is 0.503. The largest absolute Gasteiger partial charge is 0.299 e. The summed E-state index contributed by atoms with van der Waals surface area (Å²) in [5, 5.41) is 0. The van der Waals surface area contributed by atoms with Gasteiger partial charge >= 0.3 is 0 Å². The van der Waals surface area contributed by atoms with Crippen molar-refractivity contribution >= 4 is 5.78 Å². The molecule has 0 aromatic rings. The summed E-state index contributed by atoms with van der Waals surface area (Å²) < 4.78 is 0. The van der Waals surface area contributed by atoms with Crippen LogP contribution in [-0.2, 0) is 4.79 Å². The molecular weight excluding hydrogens is 148 g/mol. The van der Waals surface area contributed by atoms with Crippen LogP contribution < -0.4 is 0 Å². The van der Waals surface area contributed by atoms with Crippen molar-refractivity contribution in [1.29, 1.82) is 0 Å². The van der Waals surface area contributed by atoms with Gasteiger partial charge in [0, 0.05) is 11.8 Å². The molecule has 2 bridgehead atoms. The average molecular weight is 164 g/mol. The summed E-state index contributed by atoms with van der Waals surface area (Å²) in [4.78, 5) is 11.7. The SMILES string of the molecule is C=C1[C@H]2CC[C@@]1(C)C(=O)C[C@@H]2C. The maximum absolute atomic E-state index is 11.7. The number of allylic oxidation sites excluding steroid dienone is 1. The lowest BCUT2D eigenvalue weighted by Crippen LogP contribution is -2.34. The number of ketones is 1. The predicted octanol–water partition coefficient (Wildman–Crippen LogP) is 2.57. The minimum absolute atomic E-state index is 0.142. The van der Waals surface area contributed by atoms with Crippen molar-refractivity contribution < 1.29 is 4.79 Å². The molecule has 66 valence electrons. The lowest BCUT2D eigenvalue weighted by Gasteiger charge is -2.34. The molecule has 2 aliphatic rings. The number of rotatable bonds is 0. The molecule has 2 saturated carbocycles. The number of hydrogen-bond acceptors (Lipinski definition) is 1. The van der Waals surface area contributed by atoms with E-state index in [0.717, 1.165) is 12.8 Å². The number of Topliss-reactive ketones (excluding diaryl/α,β-unsaturated/α-hetero) is 1. The molecule has 1 heteroatoms. The average Bonchev–Trinajstić information content (AvgIpc) is 2.23. The van der Waals surface area contributed by atoms with Crippen molar-refractivity contribution in [3.63, 3.8) is 0 Å². The highest BCUT2D eigenvalue weighted by molar-refractivity contribution is 5.89. The third-order valence-corrected chi connectivity index (χ3v) is 3.92. The van der Waals surface area contributed by atoms with Gasteiger partial charge in [0.15, 0.2) is 0 Å². The van der Waals surface area contributed by atoms with E-state index in [1.54, 1.807) is 0 Å². The van der Waals surface area contributed by atoms with E-state index in [9.17, 15) is 4.79 Å². The molecule has 0 aromatic carbocycles. The molecule has 1 nitrogen and oxygen atoms in total. The van der Waals surface area contributed by atoms with Crippen LogP contribution in [0.3, 0.4) is 0 Å². The molecule has 0 saturated heterocycles. The van der Waals surface area contributed by atoms with Gasteiger partial charge in [0.25, 0.3) is 0 Å². The molecule has 0 spiro atoms. The summed E-state index contributed by atoms with van der Waals surface area (Å²) in [6.07, 6.45) is 3.00. The van der Waals surface area contributed by atoms with Gasteiger partial charge in [-0.1, -0.05) is 19.1 Å². The second kappa shape index (κ2) is 2.21. The van der Waals surface area contributed by atoms with Gasteiger partial charge in [-0.25, -0.2) is 0 Å². The van der Waals surface area contributed by atoms with Crippen LogP contribution in [0.2, 0.25) is 0 Å². The lowest BCUT2D eigenvalue weighted by molar-refractivity contribution is -0.127. The topological polar surface area (TPSA) is 17.1 Å². The van der Waals surface area contributed by atoms with Crippen LogP contribution in [-0.4, -0.2) is 5.78 Å². The molecule has 0 aliphatic heterocycles. The van der Waals surface area contributed by atoms with Crippen LogP contribution in [0.1, 0.15) is 33.1 Å². The van der Waals surface area contributed by atoms with E-state index in [2.05, 4.69) is 20.4 Å². The number of fused-ring (bicyclic) bond motifs is 2. The molecule has 0 unspecified atom stereocenters. The highest BCUT2D eigenvalue weighted by atomic mass is 16.1. The Morgan fingerprint density at radius 2 is 2.25 bits per heavy atom. The van der Waals surface area contributed by atoms with Crippen LogP contribution >= 0.6 is 0 Å². The number of carbonyl (C=O) groups is 1. The Kier molecular flexibility index (Phi) is 1.48. The van der Waals surface area contributed by atoms with E-state index < -0.39 is 0 Å². The zero-order chi connectivity index (χ0) is 8.93. The van der Waals surface area contributed by atoms with Crippen molar-refractivity contribution in [2.75, 3.05) is 0 Å². The van der Waals surface area contributed by atoms with Gasteiger partial charge < -0.3 is 0 Å². The van der Waals surface area contributed by atoms with Crippen LogP contribution in [0.25, 0.3) is 0 Å². The lowest BCUT2D eigenvalue weighted by atomic mass is 9.69. The van der Waals surface area contributed by atoms with E-state index in [1.807, 2.05) is 0 Å². The van der Waals surface area contributed by atoms with E-state index in [-0.39, 0.29) is 5.41 Å². The normalized spacial score (nSPS) is 46.8. The summed E-state index contributed by atoms with van der Waals surface area (Å²) in [5.74, 6) is 1.60. The summed E-state index contributed by atoms with van der Waals surface area (Å²) in [5.41, 5.74) is 1.07. The Labute approximate surface area is 73.8 Å².